The minimum atomic E-state index is -0.291. The van der Waals surface area contributed by atoms with Crippen molar-refractivity contribution in [2.45, 2.75) is 38.9 Å². The van der Waals surface area contributed by atoms with Crippen LogP contribution in [0.3, 0.4) is 0 Å². The van der Waals surface area contributed by atoms with Crippen molar-refractivity contribution in [1.29, 1.82) is 0 Å². The van der Waals surface area contributed by atoms with E-state index in [1.165, 1.54) is 0 Å². The van der Waals surface area contributed by atoms with Crippen molar-refractivity contribution in [3.8, 4) is 11.5 Å². The molecular weight excluding hydrogens is 284 g/mol. The number of carbonyl (C=O) groups excluding carboxylic acids is 1. The van der Waals surface area contributed by atoms with Crippen LogP contribution >= 0.6 is 0 Å². The fraction of sp³-hybridized carbons (Fsp3) is 0.562. The van der Waals surface area contributed by atoms with Crippen LogP contribution in [-0.4, -0.2) is 38.4 Å². The van der Waals surface area contributed by atoms with E-state index >= 15 is 0 Å². The Kier molecular flexibility index (Phi) is 5.63. The number of benzene rings is 1. The lowest BCUT2D eigenvalue weighted by molar-refractivity contribution is -0.118. The number of carbonyl (C=O) groups is 1. The van der Waals surface area contributed by atoms with Gasteiger partial charge in [-0.3, -0.25) is 4.79 Å². The summed E-state index contributed by atoms with van der Waals surface area (Å²) in [4.78, 5) is 12.1. The molecular formula is C16H24N2O4. The molecule has 0 bridgehead atoms. The standard InChI is InChI=1S/C16H24N2O4/c1-4-21-15-6-11-5-10(2)22-14(11)8-13(15)18-16(19)7-12(9-17)20-3/h6,8,10,12H,4-5,7,9,17H2,1-3H3,(H,18,19). The van der Waals surface area contributed by atoms with E-state index in [9.17, 15) is 4.79 Å². The molecule has 0 spiro atoms. The van der Waals surface area contributed by atoms with Gasteiger partial charge in [0.1, 0.15) is 17.6 Å². The van der Waals surface area contributed by atoms with E-state index in [0.29, 0.717) is 24.6 Å². The third-order valence-electron chi connectivity index (χ3n) is 3.58. The minimum absolute atomic E-state index is 0.144. The van der Waals surface area contributed by atoms with E-state index in [0.717, 1.165) is 17.7 Å². The van der Waals surface area contributed by atoms with Crippen LogP contribution in [0.4, 0.5) is 5.69 Å². The van der Waals surface area contributed by atoms with E-state index in [-0.39, 0.29) is 24.5 Å². The van der Waals surface area contributed by atoms with Crippen LogP contribution in [0.2, 0.25) is 0 Å². The maximum atomic E-state index is 12.1. The number of methoxy groups -OCH3 is 1. The number of ether oxygens (including phenoxy) is 3. The Morgan fingerprint density at radius 1 is 1.55 bits per heavy atom. The summed E-state index contributed by atoms with van der Waals surface area (Å²) in [5.41, 5.74) is 7.26. The summed E-state index contributed by atoms with van der Waals surface area (Å²) < 4.78 is 16.5. The molecule has 0 aliphatic carbocycles. The lowest BCUT2D eigenvalue weighted by atomic mass is 10.1. The second kappa shape index (κ2) is 7.47. The summed E-state index contributed by atoms with van der Waals surface area (Å²) in [5, 5.41) is 2.86. The lowest BCUT2D eigenvalue weighted by Gasteiger charge is -2.16. The quantitative estimate of drug-likeness (QED) is 0.801. The molecule has 6 nitrogen and oxygen atoms in total. The second-order valence-electron chi connectivity index (χ2n) is 5.37. The number of hydrogen-bond donors (Lipinski definition) is 2. The molecule has 2 atom stereocenters. The molecule has 1 aromatic rings. The van der Waals surface area contributed by atoms with Gasteiger partial charge < -0.3 is 25.3 Å². The first kappa shape index (κ1) is 16.6. The molecule has 1 aliphatic heterocycles. The van der Waals surface area contributed by atoms with E-state index in [4.69, 9.17) is 19.9 Å². The van der Waals surface area contributed by atoms with Crippen LogP contribution in [0, 0.1) is 0 Å². The number of anilines is 1. The van der Waals surface area contributed by atoms with Gasteiger partial charge >= 0.3 is 0 Å². The molecule has 0 saturated carbocycles. The molecule has 1 aliphatic rings. The van der Waals surface area contributed by atoms with Gasteiger partial charge in [-0.2, -0.15) is 0 Å². The van der Waals surface area contributed by atoms with Crippen LogP contribution < -0.4 is 20.5 Å². The van der Waals surface area contributed by atoms with Crippen molar-refractivity contribution in [2.75, 3.05) is 25.6 Å². The van der Waals surface area contributed by atoms with E-state index in [2.05, 4.69) is 5.32 Å². The van der Waals surface area contributed by atoms with Crippen LogP contribution in [-0.2, 0) is 16.0 Å². The third kappa shape index (κ3) is 3.90. The molecule has 3 N–H and O–H groups in total. The Morgan fingerprint density at radius 2 is 2.32 bits per heavy atom. The van der Waals surface area contributed by atoms with Gasteiger partial charge in [0.25, 0.3) is 0 Å². The molecule has 0 aromatic heterocycles. The van der Waals surface area contributed by atoms with Crippen molar-refractivity contribution in [3.05, 3.63) is 17.7 Å². The van der Waals surface area contributed by atoms with E-state index in [1.807, 2.05) is 26.0 Å². The van der Waals surface area contributed by atoms with Crippen molar-refractivity contribution in [1.82, 2.24) is 0 Å². The van der Waals surface area contributed by atoms with Crippen molar-refractivity contribution in [2.24, 2.45) is 5.73 Å². The first-order chi connectivity index (χ1) is 10.6. The Hall–Kier alpha value is -1.79. The molecule has 1 heterocycles. The molecule has 1 aromatic carbocycles. The van der Waals surface area contributed by atoms with Gasteiger partial charge in [-0.1, -0.05) is 0 Å². The molecule has 6 heteroatoms. The van der Waals surface area contributed by atoms with Gasteiger partial charge in [0.2, 0.25) is 5.91 Å². The second-order valence-corrected chi connectivity index (χ2v) is 5.37. The van der Waals surface area contributed by atoms with Gasteiger partial charge in [0.15, 0.2) is 0 Å². The molecule has 2 rings (SSSR count). The Balaban J connectivity index is 2.15. The lowest BCUT2D eigenvalue weighted by Crippen LogP contribution is -2.28. The zero-order valence-corrected chi connectivity index (χ0v) is 13.3. The van der Waals surface area contributed by atoms with Gasteiger partial charge in [0, 0.05) is 31.7 Å². The fourth-order valence-corrected chi connectivity index (χ4v) is 2.48. The van der Waals surface area contributed by atoms with Crippen LogP contribution in [0.5, 0.6) is 11.5 Å². The molecule has 122 valence electrons. The zero-order chi connectivity index (χ0) is 16.1. The topological polar surface area (TPSA) is 82.8 Å². The number of nitrogens with two attached hydrogens (primary N) is 1. The fourth-order valence-electron chi connectivity index (χ4n) is 2.48. The normalized spacial score (nSPS) is 17.5. The summed E-state index contributed by atoms with van der Waals surface area (Å²) in [5.74, 6) is 1.30. The number of hydrogen-bond acceptors (Lipinski definition) is 5. The average Bonchev–Trinajstić information content (AvgIpc) is 2.84. The van der Waals surface area contributed by atoms with Gasteiger partial charge in [-0.15, -0.1) is 0 Å². The highest BCUT2D eigenvalue weighted by molar-refractivity contribution is 5.93. The number of rotatable bonds is 7. The number of fused-ring (bicyclic) bond motifs is 1. The highest BCUT2D eigenvalue weighted by atomic mass is 16.5. The Labute approximate surface area is 130 Å². The summed E-state index contributed by atoms with van der Waals surface area (Å²) >= 11 is 0. The average molecular weight is 308 g/mol. The molecule has 22 heavy (non-hydrogen) atoms. The first-order valence-electron chi connectivity index (χ1n) is 7.56. The molecule has 0 radical (unpaired) electrons. The zero-order valence-electron chi connectivity index (χ0n) is 13.3. The van der Waals surface area contributed by atoms with E-state index in [1.54, 1.807) is 7.11 Å². The highest BCUT2D eigenvalue weighted by Crippen LogP contribution is 2.38. The SMILES string of the molecule is CCOc1cc2c(cc1NC(=O)CC(CN)OC)OC(C)C2. The Bertz CT molecular complexity index is 529. The van der Waals surface area contributed by atoms with Crippen molar-refractivity contribution < 1.29 is 19.0 Å². The van der Waals surface area contributed by atoms with Gasteiger partial charge in [-0.25, -0.2) is 0 Å². The molecule has 0 fully saturated rings. The van der Waals surface area contributed by atoms with Crippen molar-refractivity contribution >= 4 is 11.6 Å². The van der Waals surface area contributed by atoms with Crippen LogP contribution in [0.1, 0.15) is 25.8 Å². The largest absolute Gasteiger partial charge is 0.492 e. The minimum Gasteiger partial charge on any atom is -0.492 e. The maximum Gasteiger partial charge on any atom is 0.227 e. The smallest absolute Gasteiger partial charge is 0.227 e. The Morgan fingerprint density at radius 3 is 2.95 bits per heavy atom. The molecule has 2 unspecified atom stereocenters. The predicted octanol–water partition coefficient (Wildman–Crippen LogP) is 1.71. The molecule has 1 amide bonds. The summed E-state index contributed by atoms with van der Waals surface area (Å²) in [7, 11) is 1.54. The highest BCUT2D eigenvalue weighted by Gasteiger charge is 2.23. The van der Waals surface area contributed by atoms with Crippen LogP contribution in [0.25, 0.3) is 0 Å². The van der Waals surface area contributed by atoms with Crippen LogP contribution in [0.15, 0.2) is 12.1 Å². The number of amides is 1. The maximum absolute atomic E-state index is 12.1. The number of nitrogens with one attached hydrogen (secondary N) is 1. The van der Waals surface area contributed by atoms with Gasteiger partial charge in [-0.05, 0) is 19.9 Å². The monoisotopic (exact) mass is 308 g/mol. The third-order valence-corrected chi connectivity index (χ3v) is 3.58. The van der Waals surface area contributed by atoms with Gasteiger partial charge in [0.05, 0.1) is 24.8 Å². The predicted molar refractivity (Wildman–Crippen MR) is 84.5 cm³/mol. The van der Waals surface area contributed by atoms with E-state index < -0.39 is 0 Å². The molecule has 0 saturated heterocycles. The summed E-state index contributed by atoms with van der Waals surface area (Å²) in [6.07, 6.45) is 0.905. The van der Waals surface area contributed by atoms with Crippen molar-refractivity contribution in [3.63, 3.8) is 0 Å². The first-order valence-corrected chi connectivity index (χ1v) is 7.56. The summed E-state index contributed by atoms with van der Waals surface area (Å²) in [6.45, 7) is 4.75. The summed E-state index contributed by atoms with van der Waals surface area (Å²) in [6, 6.07) is 3.76.